The van der Waals surface area contributed by atoms with Gasteiger partial charge in [-0.3, -0.25) is 4.55 Å². The third-order valence-electron chi connectivity index (χ3n) is 0.882. The number of rotatable bonds is 3. The van der Waals surface area contributed by atoms with Crippen molar-refractivity contribution in [3.8, 4) is 0 Å². The van der Waals surface area contributed by atoms with Crippen LogP contribution in [0.3, 0.4) is 0 Å². The number of hydrogen-bond donors (Lipinski definition) is 1. The second-order valence-corrected chi connectivity index (χ2v) is 3.80. The highest BCUT2D eigenvalue weighted by Gasteiger charge is 2.21. The molecule has 0 aromatic heterocycles. The number of hydrogen-bond acceptors (Lipinski definition) is 4. The molecule has 0 saturated carbocycles. The van der Waals surface area contributed by atoms with Gasteiger partial charge >= 0.3 is 16.1 Å². The summed E-state index contributed by atoms with van der Waals surface area (Å²) < 4.78 is 33.4. The van der Waals surface area contributed by atoms with Crippen LogP contribution in [0.5, 0.6) is 0 Å². The smallest absolute Gasteiger partial charge is 0.351 e. The summed E-state index contributed by atoms with van der Waals surface area (Å²) in [7, 11) is -4.52. The molecule has 0 heterocycles. The Hall–Kier alpha value is -0.880. The molecule has 0 fully saturated rings. The van der Waals surface area contributed by atoms with E-state index in [2.05, 4.69) is 11.3 Å². The Morgan fingerprint density at radius 3 is 2.17 bits per heavy atom. The van der Waals surface area contributed by atoms with Gasteiger partial charge in [0.1, 0.15) is 0 Å². The van der Waals surface area contributed by atoms with Crippen molar-refractivity contribution >= 4 is 16.1 Å². The Morgan fingerprint density at radius 1 is 1.50 bits per heavy atom. The van der Waals surface area contributed by atoms with E-state index in [1.54, 1.807) is 13.8 Å². The van der Waals surface area contributed by atoms with Crippen LogP contribution in [0, 0.1) is 0 Å². The third-order valence-corrected chi connectivity index (χ3v) is 1.67. The van der Waals surface area contributed by atoms with Gasteiger partial charge in [0.15, 0.2) is 4.91 Å². The first-order valence-electron chi connectivity index (χ1n) is 3.12. The first-order chi connectivity index (χ1) is 5.25. The fraction of sp³-hybridized carbons (Fsp3) is 0.500. The lowest BCUT2D eigenvalue weighted by Crippen LogP contribution is -2.18. The first kappa shape index (κ1) is 11.1. The molecule has 1 N–H and O–H groups in total. The molecule has 0 bridgehead atoms. The van der Waals surface area contributed by atoms with Gasteiger partial charge in [-0.15, -0.1) is 0 Å². The van der Waals surface area contributed by atoms with E-state index in [9.17, 15) is 13.2 Å². The van der Waals surface area contributed by atoms with E-state index in [1.165, 1.54) is 0 Å². The number of ether oxygens (including phenoxy) is 1. The standard InChI is InChI=1S/C6H10O5S/c1-4(2)11-6(7)5(3)12(8,9)10/h4H,3H2,1-2H3,(H,8,9,10). The van der Waals surface area contributed by atoms with Crippen LogP contribution in [0.4, 0.5) is 0 Å². The van der Waals surface area contributed by atoms with Gasteiger partial charge in [0, 0.05) is 0 Å². The first-order valence-corrected chi connectivity index (χ1v) is 4.56. The molecule has 0 unspecified atom stereocenters. The van der Waals surface area contributed by atoms with Crippen molar-refractivity contribution in [1.29, 1.82) is 0 Å². The van der Waals surface area contributed by atoms with E-state index in [0.29, 0.717) is 0 Å². The summed E-state index contributed by atoms with van der Waals surface area (Å²) in [5.74, 6) is -1.13. The van der Waals surface area contributed by atoms with Crippen molar-refractivity contribution in [3.05, 3.63) is 11.5 Å². The van der Waals surface area contributed by atoms with Gasteiger partial charge in [-0.1, -0.05) is 6.58 Å². The monoisotopic (exact) mass is 194 g/mol. The molecule has 0 spiro atoms. The maximum absolute atomic E-state index is 10.7. The van der Waals surface area contributed by atoms with Gasteiger partial charge in [-0.25, -0.2) is 4.79 Å². The van der Waals surface area contributed by atoms with Crippen LogP contribution in [0.15, 0.2) is 11.5 Å². The lowest BCUT2D eigenvalue weighted by molar-refractivity contribution is -0.141. The van der Waals surface area contributed by atoms with Crippen LogP contribution in [0.25, 0.3) is 0 Å². The van der Waals surface area contributed by atoms with Gasteiger partial charge in [0.2, 0.25) is 0 Å². The largest absolute Gasteiger partial charge is 0.459 e. The normalized spacial score (nSPS) is 11.3. The lowest BCUT2D eigenvalue weighted by atomic mass is 10.5. The molecule has 70 valence electrons. The van der Waals surface area contributed by atoms with Gasteiger partial charge in [0.25, 0.3) is 0 Å². The van der Waals surface area contributed by atoms with Crippen LogP contribution in [-0.2, 0) is 19.6 Å². The summed E-state index contributed by atoms with van der Waals surface area (Å²) in [4.78, 5) is 9.79. The zero-order valence-corrected chi connectivity index (χ0v) is 7.59. The topological polar surface area (TPSA) is 80.7 Å². The summed E-state index contributed by atoms with van der Waals surface area (Å²) in [6.07, 6.45) is -0.448. The highest BCUT2D eigenvalue weighted by Crippen LogP contribution is 2.04. The Bertz CT molecular complexity index is 287. The molecule has 0 aliphatic carbocycles. The van der Waals surface area contributed by atoms with Crippen molar-refractivity contribution in [2.45, 2.75) is 20.0 Å². The molecule has 0 radical (unpaired) electrons. The van der Waals surface area contributed by atoms with Crippen LogP contribution >= 0.6 is 0 Å². The van der Waals surface area contributed by atoms with E-state index >= 15 is 0 Å². The molecule has 5 nitrogen and oxygen atoms in total. The molecule has 0 aliphatic rings. The van der Waals surface area contributed by atoms with E-state index < -0.39 is 27.1 Å². The quantitative estimate of drug-likeness (QED) is 0.398. The van der Waals surface area contributed by atoms with E-state index in [-0.39, 0.29) is 0 Å². The molecular formula is C6H10O5S. The molecule has 0 rings (SSSR count). The highest BCUT2D eigenvalue weighted by molar-refractivity contribution is 7.90. The molecular weight excluding hydrogens is 184 g/mol. The Balaban J connectivity index is 4.44. The molecule has 0 amide bonds. The lowest BCUT2D eigenvalue weighted by Gasteiger charge is -2.07. The maximum Gasteiger partial charge on any atom is 0.351 e. The third kappa shape index (κ3) is 3.49. The summed E-state index contributed by atoms with van der Waals surface area (Å²) in [5.41, 5.74) is 0. The summed E-state index contributed by atoms with van der Waals surface area (Å²) >= 11 is 0. The number of carbonyl (C=O) groups excluding carboxylic acids is 1. The number of carbonyl (C=O) groups is 1. The average Bonchev–Trinajstić information content (AvgIpc) is 1.82. The van der Waals surface area contributed by atoms with Crippen molar-refractivity contribution in [2.24, 2.45) is 0 Å². The van der Waals surface area contributed by atoms with Crippen molar-refractivity contribution in [2.75, 3.05) is 0 Å². The molecule has 12 heavy (non-hydrogen) atoms. The minimum Gasteiger partial charge on any atom is -0.459 e. The maximum atomic E-state index is 10.7. The fourth-order valence-corrected chi connectivity index (χ4v) is 0.644. The van der Waals surface area contributed by atoms with Crippen molar-refractivity contribution in [3.63, 3.8) is 0 Å². The van der Waals surface area contributed by atoms with Crippen LogP contribution in [0.1, 0.15) is 13.8 Å². The SMILES string of the molecule is C=C(C(=O)OC(C)C)S(=O)(=O)O. The highest BCUT2D eigenvalue weighted by atomic mass is 32.2. The Labute approximate surface area is 70.8 Å². The van der Waals surface area contributed by atoms with Gasteiger partial charge in [0.05, 0.1) is 6.10 Å². The summed E-state index contributed by atoms with van der Waals surface area (Å²) in [5, 5.41) is 0. The number of esters is 1. The fourth-order valence-electron chi connectivity index (χ4n) is 0.385. The van der Waals surface area contributed by atoms with E-state index in [1.807, 2.05) is 0 Å². The zero-order valence-electron chi connectivity index (χ0n) is 6.77. The van der Waals surface area contributed by atoms with Crippen LogP contribution in [-0.4, -0.2) is 25.0 Å². The predicted molar refractivity (Wildman–Crippen MR) is 41.9 cm³/mol. The molecule has 0 atom stereocenters. The van der Waals surface area contributed by atoms with E-state index in [0.717, 1.165) is 0 Å². The summed E-state index contributed by atoms with van der Waals surface area (Å²) in [6, 6.07) is 0. The van der Waals surface area contributed by atoms with E-state index in [4.69, 9.17) is 4.55 Å². The van der Waals surface area contributed by atoms with Crippen LogP contribution < -0.4 is 0 Å². The average molecular weight is 194 g/mol. The minimum atomic E-state index is -4.52. The van der Waals surface area contributed by atoms with Gasteiger partial charge < -0.3 is 4.74 Å². The minimum absolute atomic E-state index is 0.448. The second kappa shape index (κ2) is 3.68. The van der Waals surface area contributed by atoms with Crippen LogP contribution in [0.2, 0.25) is 0 Å². The van der Waals surface area contributed by atoms with Crippen molar-refractivity contribution < 1.29 is 22.5 Å². The molecule has 0 aromatic carbocycles. The molecule has 0 aliphatic heterocycles. The molecule has 6 heteroatoms. The Morgan fingerprint density at radius 2 is 1.92 bits per heavy atom. The van der Waals surface area contributed by atoms with Gasteiger partial charge in [-0.2, -0.15) is 8.42 Å². The predicted octanol–water partition coefficient (Wildman–Crippen LogP) is 0.339. The zero-order chi connectivity index (χ0) is 9.94. The van der Waals surface area contributed by atoms with Gasteiger partial charge in [-0.05, 0) is 13.8 Å². The second-order valence-electron chi connectivity index (χ2n) is 2.35. The summed E-state index contributed by atoms with van der Waals surface area (Å²) in [6.45, 7) is 5.97. The Kier molecular flexibility index (Phi) is 3.41. The van der Waals surface area contributed by atoms with Crippen molar-refractivity contribution in [1.82, 2.24) is 0 Å². The molecule has 0 saturated heterocycles. The molecule has 0 aromatic rings.